The van der Waals surface area contributed by atoms with E-state index in [1.807, 2.05) is 37.3 Å². The number of carbonyl (C=O) groups is 1. The van der Waals surface area contributed by atoms with Crippen LogP contribution in [0, 0.1) is 12.7 Å². The minimum absolute atomic E-state index is 0.0997. The fraction of sp³-hybridized carbons (Fsp3) is 0.276. The summed E-state index contributed by atoms with van der Waals surface area (Å²) >= 11 is 0. The highest BCUT2D eigenvalue weighted by Gasteiger charge is 2.33. The number of Topliss-reactive ketones (excluding diaryl/α,β-unsaturated/α-hetero) is 1. The van der Waals surface area contributed by atoms with E-state index in [4.69, 9.17) is 9.47 Å². The number of ketones is 1. The average Bonchev–Trinajstić information content (AvgIpc) is 3.14. The number of rotatable bonds is 5. The predicted molar refractivity (Wildman–Crippen MR) is 131 cm³/mol. The summed E-state index contributed by atoms with van der Waals surface area (Å²) in [5.74, 6) is 1.86. The molecule has 0 radical (unpaired) electrons. The van der Waals surface area contributed by atoms with Crippen molar-refractivity contribution in [2.75, 3.05) is 13.3 Å². The van der Waals surface area contributed by atoms with E-state index < -0.39 is 0 Å². The molecule has 3 aromatic carbocycles. The second-order valence-corrected chi connectivity index (χ2v) is 9.33. The van der Waals surface area contributed by atoms with E-state index in [1.165, 1.54) is 17.7 Å². The van der Waals surface area contributed by atoms with Crippen LogP contribution in [0.1, 0.15) is 57.9 Å². The lowest BCUT2D eigenvalue weighted by Crippen LogP contribution is -2.34. The van der Waals surface area contributed by atoms with Gasteiger partial charge in [-0.25, -0.2) is 4.39 Å². The lowest BCUT2D eigenvalue weighted by molar-refractivity contribution is 0.0954. The molecule has 34 heavy (non-hydrogen) atoms. The topological polar surface area (TPSA) is 38.8 Å². The standard InChI is InChI=1S/C29H28FNO3/c1-18(2)22-8-4-21(5-9-22)14-26-27(32)25-15-23-16-31(13-12-20-6-10-24(30)11-7-20)17-33-28(23)19(3)29(25)34-26/h4-11,14-15,18H,12-13,16-17H2,1-3H3/b26-14-. The molecule has 0 bridgehead atoms. The SMILES string of the molecule is Cc1c2c(cc3c1O/C(=C\c1ccc(C(C)C)cc1)C3=O)CN(CCc1ccc(F)cc1)CO2. The first-order chi connectivity index (χ1) is 16.4. The van der Waals surface area contributed by atoms with Crippen molar-refractivity contribution in [3.63, 3.8) is 0 Å². The molecule has 0 N–H and O–H groups in total. The number of hydrogen-bond donors (Lipinski definition) is 0. The van der Waals surface area contributed by atoms with E-state index in [0.29, 0.717) is 36.3 Å². The van der Waals surface area contributed by atoms with Gasteiger partial charge in [0, 0.05) is 24.2 Å². The van der Waals surface area contributed by atoms with Crippen LogP contribution in [0.15, 0.2) is 60.4 Å². The second-order valence-electron chi connectivity index (χ2n) is 9.33. The molecule has 0 atom stereocenters. The highest BCUT2D eigenvalue weighted by atomic mass is 19.1. The second kappa shape index (κ2) is 9.07. The summed E-state index contributed by atoms with van der Waals surface area (Å²) in [6.45, 7) is 8.19. The van der Waals surface area contributed by atoms with Crippen LogP contribution in [0.25, 0.3) is 6.08 Å². The Bertz CT molecular complexity index is 1260. The van der Waals surface area contributed by atoms with Gasteiger partial charge in [0.1, 0.15) is 24.0 Å². The van der Waals surface area contributed by atoms with Crippen molar-refractivity contribution < 1.29 is 18.7 Å². The number of halogens is 1. The number of allylic oxidation sites excluding steroid dienone is 1. The molecule has 2 heterocycles. The maximum Gasteiger partial charge on any atom is 0.231 e. The number of benzene rings is 3. The minimum atomic E-state index is -0.226. The van der Waals surface area contributed by atoms with Crippen molar-refractivity contribution in [3.05, 3.63) is 99.6 Å². The molecule has 2 aliphatic rings. The molecule has 5 heteroatoms. The molecule has 0 amide bonds. The van der Waals surface area contributed by atoms with Gasteiger partial charge in [-0.2, -0.15) is 0 Å². The van der Waals surface area contributed by atoms with Gasteiger partial charge in [0.15, 0.2) is 5.76 Å². The van der Waals surface area contributed by atoms with Gasteiger partial charge in [-0.1, -0.05) is 50.2 Å². The zero-order valence-electron chi connectivity index (χ0n) is 19.7. The summed E-state index contributed by atoms with van der Waals surface area (Å²) in [6.07, 6.45) is 2.61. The van der Waals surface area contributed by atoms with Gasteiger partial charge in [0.25, 0.3) is 0 Å². The Kier molecular flexibility index (Phi) is 5.96. The van der Waals surface area contributed by atoms with Gasteiger partial charge in [0.2, 0.25) is 5.78 Å². The molecule has 2 aliphatic heterocycles. The Labute approximate surface area is 199 Å². The summed E-state index contributed by atoms with van der Waals surface area (Å²) < 4.78 is 25.3. The van der Waals surface area contributed by atoms with Crippen LogP contribution in [0.2, 0.25) is 0 Å². The quantitative estimate of drug-likeness (QED) is 0.424. The molecular weight excluding hydrogens is 429 g/mol. The van der Waals surface area contributed by atoms with Crippen molar-refractivity contribution in [2.24, 2.45) is 0 Å². The molecule has 0 unspecified atom stereocenters. The smallest absolute Gasteiger partial charge is 0.231 e. The Hall–Kier alpha value is -3.44. The van der Waals surface area contributed by atoms with Crippen molar-refractivity contribution in [1.29, 1.82) is 0 Å². The molecule has 0 fully saturated rings. The summed E-state index contributed by atoms with van der Waals surface area (Å²) in [4.78, 5) is 15.3. The molecule has 174 valence electrons. The third-order valence-electron chi connectivity index (χ3n) is 6.53. The lowest BCUT2D eigenvalue weighted by Gasteiger charge is -2.30. The van der Waals surface area contributed by atoms with Crippen LogP contribution in [0.5, 0.6) is 11.5 Å². The van der Waals surface area contributed by atoms with E-state index in [2.05, 4.69) is 30.9 Å². The molecule has 5 rings (SSSR count). The van der Waals surface area contributed by atoms with Gasteiger partial charge in [-0.3, -0.25) is 9.69 Å². The molecule has 3 aromatic rings. The zero-order valence-corrected chi connectivity index (χ0v) is 19.7. The number of hydrogen-bond acceptors (Lipinski definition) is 4. The zero-order chi connectivity index (χ0) is 23.8. The first kappa shape index (κ1) is 22.4. The van der Waals surface area contributed by atoms with E-state index in [9.17, 15) is 9.18 Å². The lowest BCUT2D eigenvalue weighted by atomic mass is 9.99. The first-order valence-electron chi connectivity index (χ1n) is 11.7. The van der Waals surface area contributed by atoms with E-state index >= 15 is 0 Å². The van der Waals surface area contributed by atoms with Crippen LogP contribution < -0.4 is 9.47 Å². The molecule has 0 spiro atoms. The molecule has 0 saturated heterocycles. The van der Waals surface area contributed by atoms with Gasteiger partial charge >= 0.3 is 0 Å². The third-order valence-corrected chi connectivity index (χ3v) is 6.53. The van der Waals surface area contributed by atoms with Gasteiger partial charge in [-0.15, -0.1) is 0 Å². The van der Waals surface area contributed by atoms with Crippen molar-refractivity contribution in [1.82, 2.24) is 4.90 Å². The molecule has 0 aromatic heterocycles. The largest absolute Gasteiger partial charge is 0.477 e. The van der Waals surface area contributed by atoms with Crippen LogP contribution in [0.3, 0.4) is 0 Å². The third kappa shape index (κ3) is 4.36. The molecule has 4 nitrogen and oxygen atoms in total. The average molecular weight is 458 g/mol. The minimum Gasteiger partial charge on any atom is -0.477 e. The van der Waals surface area contributed by atoms with Gasteiger partial charge in [0.05, 0.1) is 5.56 Å². The number of nitrogens with zero attached hydrogens (tertiary/aromatic N) is 1. The summed E-state index contributed by atoms with van der Waals surface area (Å²) in [6, 6.07) is 16.7. The Morgan fingerprint density at radius 2 is 1.79 bits per heavy atom. The Balaban J connectivity index is 1.33. The van der Waals surface area contributed by atoms with E-state index in [1.54, 1.807) is 6.08 Å². The van der Waals surface area contributed by atoms with Gasteiger partial charge < -0.3 is 9.47 Å². The number of carbonyl (C=O) groups excluding carboxylic acids is 1. The Morgan fingerprint density at radius 1 is 1.06 bits per heavy atom. The predicted octanol–water partition coefficient (Wildman–Crippen LogP) is 6.27. The van der Waals surface area contributed by atoms with Crippen LogP contribution in [-0.4, -0.2) is 24.0 Å². The maximum atomic E-state index is 13.2. The van der Waals surface area contributed by atoms with E-state index in [-0.39, 0.29) is 11.6 Å². The summed E-state index contributed by atoms with van der Waals surface area (Å²) in [5, 5.41) is 0. The molecule has 0 aliphatic carbocycles. The van der Waals surface area contributed by atoms with Crippen molar-refractivity contribution in [2.45, 2.75) is 39.7 Å². The van der Waals surface area contributed by atoms with Crippen LogP contribution >= 0.6 is 0 Å². The van der Waals surface area contributed by atoms with Crippen molar-refractivity contribution in [3.8, 4) is 11.5 Å². The summed E-state index contributed by atoms with van der Waals surface area (Å²) in [5.41, 5.74) is 5.71. The fourth-order valence-corrected chi connectivity index (χ4v) is 4.51. The monoisotopic (exact) mass is 457 g/mol. The number of fused-ring (bicyclic) bond motifs is 2. The van der Waals surface area contributed by atoms with Crippen molar-refractivity contribution >= 4 is 11.9 Å². The first-order valence-corrected chi connectivity index (χ1v) is 11.7. The molecular formula is C29H28FNO3. The highest BCUT2D eigenvalue weighted by Crippen LogP contribution is 2.43. The van der Waals surface area contributed by atoms with Crippen LogP contribution in [0.4, 0.5) is 4.39 Å². The highest BCUT2D eigenvalue weighted by molar-refractivity contribution is 6.15. The fourth-order valence-electron chi connectivity index (χ4n) is 4.51. The number of ether oxygens (including phenoxy) is 2. The van der Waals surface area contributed by atoms with Crippen LogP contribution in [-0.2, 0) is 13.0 Å². The maximum absolute atomic E-state index is 13.2. The van der Waals surface area contributed by atoms with E-state index in [0.717, 1.165) is 41.0 Å². The molecule has 0 saturated carbocycles. The normalized spacial score (nSPS) is 16.4. The Morgan fingerprint density at radius 3 is 2.50 bits per heavy atom. The van der Waals surface area contributed by atoms with Gasteiger partial charge in [-0.05, 0) is 60.2 Å². The summed E-state index contributed by atoms with van der Waals surface area (Å²) in [7, 11) is 0.